The molecule has 2 rings (SSSR count). The molecule has 1 saturated carbocycles. The van der Waals surface area contributed by atoms with E-state index in [1.54, 1.807) is 0 Å². The molecule has 0 spiro atoms. The molecule has 1 aliphatic heterocycles. The van der Waals surface area contributed by atoms with Crippen LogP contribution in [0, 0.1) is 5.41 Å². The third kappa shape index (κ3) is 1.72. The Kier molecular flexibility index (Phi) is 3.17. The van der Waals surface area contributed by atoms with Crippen LogP contribution in [0.25, 0.3) is 0 Å². The highest BCUT2D eigenvalue weighted by atomic mass is 32.1. The van der Waals surface area contributed by atoms with Gasteiger partial charge in [-0.25, -0.2) is 0 Å². The van der Waals surface area contributed by atoms with Gasteiger partial charge in [-0.05, 0) is 19.8 Å². The van der Waals surface area contributed by atoms with Crippen LogP contribution in [0.3, 0.4) is 0 Å². The first-order valence-electron chi connectivity index (χ1n) is 5.77. The Morgan fingerprint density at radius 3 is 2.69 bits per heavy atom. The Balaban J connectivity index is 2.13. The average Bonchev–Trinajstić information content (AvgIpc) is 2.15. The number of hydrogen-bond donors (Lipinski definition) is 1. The maximum Gasteiger partial charge on any atom is 0.236 e. The van der Waals surface area contributed by atoms with Crippen LogP contribution in [-0.2, 0) is 9.53 Å². The molecule has 0 aromatic carbocycles. The first-order chi connectivity index (χ1) is 7.58. The summed E-state index contributed by atoms with van der Waals surface area (Å²) in [6.07, 6.45) is 2.66. The van der Waals surface area contributed by atoms with E-state index in [1.807, 2.05) is 11.8 Å². The molecule has 1 aliphatic carbocycles. The van der Waals surface area contributed by atoms with Crippen molar-refractivity contribution in [2.45, 2.75) is 32.2 Å². The van der Waals surface area contributed by atoms with Gasteiger partial charge in [-0.1, -0.05) is 18.6 Å². The summed E-state index contributed by atoms with van der Waals surface area (Å²) < 4.78 is 5.33. The molecule has 1 amide bonds. The van der Waals surface area contributed by atoms with E-state index in [2.05, 4.69) is 0 Å². The van der Waals surface area contributed by atoms with Gasteiger partial charge in [-0.2, -0.15) is 0 Å². The lowest BCUT2D eigenvalue weighted by Gasteiger charge is -2.45. The van der Waals surface area contributed by atoms with E-state index in [0.29, 0.717) is 24.7 Å². The summed E-state index contributed by atoms with van der Waals surface area (Å²) in [5.74, 6) is 0.113. The number of carbonyl (C=O) groups excluding carboxylic acids is 1. The van der Waals surface area contributed by atoms with Crippen molar-refractivity contribution in [3.63, 3.8) is 0 Å². The molecule has 0 bridgehead atoms. The van der Waals surface area contributed by atoms with Gasteiger partial charge in [-0.15, -0.1) is 0 Å². The predicted molar refractivity (Wildman–Crippen MR) is 65.1 cm³/mol. The van der Waals surface area contributed by atoms with E-state index < -0.39 is 5.41 Å². The van der Waals surface area contributed by atoms with Crippen LogP contribution in [-0.4, -0.2) is 41.6 Å². The molecule has 5 heteroatoms. The van der Waals surface area contributed by atoms with Crippen LogP contribution in [0.2, 0.25) is 0 Å². The fourth-order valence-electron chi connectivity index (χ4n) is 2.40. The maximum atomic E-state index is 12.5. The number of carbonyl (C=O) groups is 1. The Hall–Kier alpha value is -0.680. The summed E-state index contributed by atoms with van der Waals surface area (Å²) >= 11 is 5.06. The van der Waals surface area contributed by atoms with Crippen molar-refractivity contribution in [1.29, 1.82) is 0 Å². The number of amides is 1. The quantitative estimate of drug-likeness (QED) is 0.724. The number of nitrogens with zero attached hydrogens (tertiary/aromatic N) is 1. The molecule has 1 heterocycles. The minimum Gasteiger partial charge on any atom is -0.392 e. The highest BCUT2D eigenvalue weighted by Gasteiger charge is 2.49. The summed E-state index contributed by atoms with van der Waals surface area (Å²) in [4.78, 5) is 14.7. The molecule has 0 radical (unpaired) electrons. The topological polar surface area (TPSA) is 55.6 Å². The molecule has 4 nitrogen and oxygen atoms in total. The zero-order chi connectivity index (χ0) is 11.8. The van der Waals surface area contributed by atoms with Gasteiger partial charge in [0.2, 0.25) is 5.91 Å². The van der Waals surface area contributed by atoms with Crippen molar-refractivity contribution in [3.05, 3.63) is 0 Å². The number of ether oxygens (including phenoxy) is 1. The second-order valence-electron chi connectivity index (χ2n) is 4.72. The van der Waals surface area contributed by atoms with E-state index in [4.69, 9.17) is 22.7 Å². The lowest BCUT2D eigenvalue weighted by atomic mass is 9.67. The van der Waals surface area contributed by atoms with E-state index in [0.717, 1.165) is 19.3 Å². The zero-order valence-corrected chi connectivity index (χ0v) is 10.4. The van der Waals surface area contributed by atoms with Crippen molar-refractivity contribution in [1.82, 2.24) is 4.90 Å². The first-order valence-corrected chi connectivity index (χ1v) is 6.17. The summed E-state index contributed by atoms with van der Waals surface area (Å²) in [6, 6.07) is 0.132. The molecular weight excluding hydrogens is 224 g/mol. The fourth-order valence-corrected chi connectivity index (χ4v) is 2.69. The number of morpholine rings is 1. The number of nitrogens with two attached hydrogens (primary N) is 1. The van der Waals surface area contributed by atoms with Gasteiger partial charge in [0, 0.05) is 6.54 Å². The first kappa shape index (κ1) is 11.8. The largest absolute Gasteiger partial charge is 0.392 e. The monoisotopic (exact) mass is 242 g/mol. The molecule has 2 fully saturated rings. The second-order valence-corrected chi connectivity index (χ2v) is 5.16. The molecule has 16 heavy (non-hydrogen) atoms. The lowest BCUT2D eigenvalue weighted by molar-refractivity contribution is -0.150. The lowest BCUT2D eigenvalue weighted by Crippen LogP contribution is -2.59. The van der Waals surface area contributed by atoms with Crippen LogP contribution in [0.5, 0.6) is 0 Å². The molecule has 2 aliphatic rings. The highest BCUT2D eigenvalue weighted by molar-refractivity contribution is 7.80. The summed E-state index contributed by atoms with van der Waals surface area (Å²) in [5.41, 5.74) is 5.20. The number of thiocarbonyl (C=S) groups is 1. The van der Waals surface area contributed by atoms with Crippen molar-refractivity contribution >= 4 is 23.1 Å². The van der Waals surface area contributed by atoms with Crippen LogP contribution < -0.4 is 5.73 Å². The third-order valence-corrected chi connectivity index (χ3v) is 4.11. The van der Waals surface area contributed by atoms with E-state index in [-0.39, 0.29) is 11.9 Å². The normalized spacial score (nSPS) is 28.3. The Morgan fingerprint density at radius 1 is 1.56 bits per heavy atom. The second kappa shape index (κ2) is 4.30. The molecule has 1 saturated heterocycles. The Morgan fingerprint density at radius 2 is 2.25 bits per heavy atom. The Bertz CT molecular complexity index is 315. The van der Waals surface area contributed by atoms with E-state index >= 15 is 0 Å². The smallest absolute Gasteiger partial charge is 0.236 e. The molecule has 0 aromatic heterocycles. The SMILES string of the molecule is CC1COCCN1C(=O)C1(C(N)=S)CCC1. The van der Waals surface area contributed by atoms with E-state index in [9.17, 15) is 4.79 Å². The van der Waals surface area contributed by atoms with Crippen molar-refractivity contribution in [3.8, 4) is 0 Å². The molecule has 0 aromatic rings. The standard InChI is InChI=1S/C11H18N2O2S/c1-8-7-15-6-5-13(8)10(14)11(9(12)16)3-2-4-11/h8H,2-7H2,1H3,(H2,12,16). The minimum atomic E-state index is -0.541. The van der Waals surface area contributed by atoms with Gasteiger partial charge in [0.25, 0.3) is 0 Å². The van der Waals surface area contributed by atoms with Crippen molar-refractivity contribution in [2.75, 3.05) is 19.8 Å². The van der Waals surface area contributed by atoms with Gasteiger partial charge in [-0.3, -0.25) is 4.79 Å². The third-order valence-electron chi connectivity index (χ3n) is 3.72. The van der Waals surface area contributed by atoms with Crippen molar-refractivity contribution in [2.24, 2.45) is 11.1 Å². The van der Waals surface area contributed by atoms with Gasteiger partial charge in [0.05, 0.1) is 29.7 Å². The highest BCUT2D eigenvalue weighted by Crippen LogP contribution is 2.43. The Labute approximate surface area is 101 Å². The van der Waals surface area contributed by atoms with Crippen LogP contribution in [0.4, 0.5) is 0 Å². The fraction of sp³-hybridized carbons (Fsp3) is 0.818. The van der Waals surface area contributed by atoms with Gasteiger partial charge in [0.15, 0.2) is 0 Å². The maximum absolute atomic E-state index is 12.5. The van der Waals surface area contributed by atoms with E-state index in [1.165, 1.54) is 0 Å². The summed E-state index contributed by atoms with van der Waals surface area (Å²) in [6.45, 7) is 3.88. The molecule has 2 N–H and O–H groups in total. The van der Waals surface area contributed by atoms with Gasteiger partial charge in [0.1, 0.15) is 0 Å². The van der Waals surface area contributed by atoms with Crippen LogP contribution in [0.15, 0.2) is 0 Å². The van der Waals surface area contributed by atoms with Crippen LogP contribution in [0.1, 0.15) is 26.2 Å². The molecule has 1 atom stereocenters. The minimum absolute atomic E-state index is 0.113. The number of rotatable bonds is 2. The van der Waals surface area contributed by atoms with Gasteiger partial charge >= 0.3 is 0 Å². The molecule has 1 unspecified atom stereocenters. The van der Waals surface area contributed by atoms with Crippen molar-refractivity contribution < 1.29 is 9.53 Å². The summed E-state index contributed by atoms with van der Waals surface area (Å²) in [7, 11) is 0. The summed E-state index contributed by atoms with van der Waals surface area (Å²) in [5, 5.41) is 0. The van der Waals surface area contributed by atoms with Gasteiger partial charge < -0.3 is 15.4 Å². The number of hydrogen-bond acceptors (Lipinski definition) is 3. The zero-order valence-electron chi connectivity index (χ0n) is 9.57. The average molecular weight is 242 g/mol. The molecule has 90 valence electrons. The molecular formula is C11H18N2O2S. The van der Waals surface area contributed by atoms with Crippen LogP contribution >= 0.6 is 12.2 Å². The predicted octanol–water partition coefficient (Wildman–Crippen LogP) is 0.690.